The molecule has 0 unspecified atom stereocenters. The van der Waals surface area contributed by atoms with Gasteiger partial charge < -0.3 is 4.74 Å². The highest BCUT2D eigenvalue weighted by Gasteiger charge is 2.14. The third kappa shape index (κ3) is 4.74. The van der Waals surface area contributed by atoms with E-state index >= 15 is 0 Å². The van der Waals surface area contributed by atoms with E-state index in [0.29, 0.717) is 0 Å². The summed E-state index contributed by atoms with van der Waals surface area (Å²) in [5.41, 5.74) is 9.20. The van der Waals surface area contributed by atoms with Crippen LogP contribution in [0.4, 0.5) is 0 Å². The van der Waals surface area contributed by atoms with Crippen molar-refractivity contribution in [2.75, 3.05) is 0 Å². The minimum atomic E-state index is 0.755. The molecule has 6 aromatic rings. The Kier molecular flexibility index (Phi) is 6.10. The maximum absolute atomic E-state index is 6.28. The Morgan fingerprint density at radius 2 is 1.39 bits per heavy atom. The monoisotopic (exact) mass is 497 g/mol. The summed E-state index contributed by atoms with van der Waals surface area (Å²) in [6.07, 6.45) is 10.2. The number of imidazole rings is 1. The lowest BCUT2D eigenvalue weighted by Gasteiger charge is -2.09. The molecule has 0 fully saturated rings. The standard InChI is InChI=1S/C33H29N4O/c1-24-17-25(2)33(26(3)18-24)36-16-15-35(23-36)29-11-7-13-31(19-29)38-32-14-8-12-30(20-32)37-22-28(21-34-37)27-9-5-4-6-10-27/h4-23H,1-3H3/q+1. The maximum atomic E-state index is 6.28. The number of benzene rings is 4. The molecular formula is C33H29N4O+. The number of aryl methyl sites for hydroxylation is 3. The van der Waals surface area contributed by atoms with Gasteiger partial charge in [-0.15, -0.1) is 0 Å². The second kappa shape index (κ2) is 9.87. The number of nitrogens with zero attached hydrogens (tertiary/aromatic N) is 4. The van der Waals surface area contributed by atoms with E-state index in [1.807, 2.05) is 77.7 Å². The van der Waals surface area contributed by atoms with Gasteiger partial charge in [-0.25, -0.2) is 13.8 Å². The fourth-order valence-corrected chi connectivity index (χ4v) is 5.00. The zero-order valence-electron chi connectivity index (χ0n) is 21.7. The van der Waals surface area contributed by atoms with Crippen LogP contribution in [-0.4, -0.2) is 14.3 Å². The van der Waals surface area contributed by atoms with Crippen molar-refractivity contribution in [3.8, 4) is 39.7 Å². The lowest BCUT2D eigenvalue weighted by atomic mass is 10.1. The molecule has 6 rings (SSSR count). The van der Waals surface area contributed by atoms with Crippen molar-refractivity contribution in [3.63, 3.8) is 0 Å². The minimum Gasteiger partial charge on any atom is -0.457 e. The lowest BCUT2D eigenvalue weighted by molar-refractivity contribution is -0.595. The van der Waals surface area contributed by atoms with Gasteiger partial charge >= 0.3 is 0 Å². The molecule has 5 heteroatoms. The zero-order chi connectivity index (χ0) is 26.1. The van der Waals surface area contributed by atoms with Gasteiger partial charge in [-0.1, -0.05) is 60.2 Å². The van der Waals surface area contributed by atoms with E-state index in [9.17, 15) is 0 Å². The summed E-state index contributed by atoms with van der Waals surface area (Å²) in [4.78, 5) is 0. The first-order chi connectivity index (χ1) is 18.5. The maximum Gasteiger partial charge on any atom is 0.254 e. The van der Waals surface area contributed by atoms with E-state index in [1.54, 1.807) is 0 Å². The van der Waals surface area contributed by atoms with Crippen molar-refractivity contribution < 1.29 is 9.30 Å². The molecule has 186 valence electrons. The third-order valence-corrected chi connectivity index (χ3v) is 6.65. The molecule has 2 heterocycles. The van der Waals surface area contributed by atoms with E-state index < -0.39 is 0 Å². The normalized spacial score (nSPS) is 11.0. The first kappa shape index (κ1) is 23.5. The molecule has 5 nitrogen and oxygen atoms in total. The number of ether oxygens (including phenoxy) is 1. The van der Waals surface area contributed by atoms with E-state index in [4.69, 9.17) is 4.74 Å². The second-order valence-corrected chi connectivity index (χ2v) is 9.61. The van der Waals surface area contributed by atoms with Crippen LogP contribution in [0.25, 0.3) is 28.2 Å². The first-order valence-electron chi connectivity index (χ1n) is 12.7. The van der Waals surface area contributed by atoms with Crippen molar-refractivity contribution in [3.05, 3.63) is 139 Å². The van der Waals surface area contributed by atoms with Crippen LogP contribution in [0.15, 0.2) is 122 Å². The highest BCUT2D eigenvalue weighted by Crippen LogP contribution is 2.27. The fourth-order valence-electron chi connectivity index (χ4n) is 5.00. The van der Waals surface area contributed by atoms with Crippen molar-refractivity contribution in [1.82, 2.24) is 14.3 Å². The Morgan fingerprint density at radius 1 is 0.711 bits per heavy atom. The molecule has 0 atom stereocenters. The highest BCUT2D eigenvalue weighted by atomic mass is 16.5. The van der Waals surface area contributed by atoms with E-state index in [1.165, 1.54) is 22.4 Å². The summed E-state index contributed by atoms with van der Waals surface area (Å²) >= 11 is 0. The van der Waals surface area contributed by atoms with Gasteiger partial charge in [-0.05, 0) is 61.7 Å². The van der Waals surface area contributed by atoms with Crippen molar-refractivity contribution in [1.29, 1.82) is 0 Å². The topological polar surface area (TPSA) is 35.9 Å². The molecule has 38 heavy (non-hydrogen) atoms. The summed E-state index contributed by atoms with van der Waals surface area (Å²) in [5.74, 6) is 1.53. The van der Waals surface area contributed by atoms with Gasteiger partial charge in [0.15, 0.2) is 0 Å². The molecule has 0 aliphatic heterocycles. The van der Waals surface area contributed by atoms with Crippen molar-refractivity contribution >= 4 is 0 Å². The van der Waals surface area contributed by atoms with Crippen molar-refractivity contribution in [2.45, 2.75) is 20.8 Å². The van der Waals surface area contributed by atoms with Gasteiger partial charge in [0.25, 0.3) is 6.33 Å². The van der Waals surface area contributed by atoms with Gasteiger partial charge in [0, 0.05) is 23.9 Å². The smallest absolute Gasteiger partial charge is 0.254 e. The summed E-state index contributed by atoms with van der Waals surface area (Å²) < 4.78 is 12.4. The fraction of sp³-hybridized carbons (Fsp3) is 0.0909. The molecule has 0 saturated heterocycles. The number of hydrogen-bond acceptors (Lipinski definition) is 2. The number of hydrogen-bond donors (Lipinski definition) is 0. The average molecular weight is 498 g/mol. The minimum absolute atomic E-state index is 0.755. The van der Waals surface area contributed by atoms with Gasteiger partial charge in [-0.2, -0.15) is 5.10 Å². The van der Waals surface area contributed by atoms with Crippen LogP contribution in [0.1, 0.15) is 16.7 Å². The summed E-state index contributed by atoms with van der Waals surface area (Å²) in [7, 11) is 0. The highest BCUT2D eigenvalue weighted by molar-refractivity contribution is 5.62. The Balaban J connectivity index is 1.23. The van der Waals surface area contributed by atoms with E-state index in [0.717, 1.165) is 34.0 Å². The lowest BCUT2D eigenvalue weighted by Crippen LogP contribution is -2.30. The van der Waals surface area contributed by atoms with Crippen LogP contribution in [0.5, 0.6) is 11.5 Å². The predicted molar refractivity (Wildman–Crippen MR) is 151 cm³/mol. The van der Waals surface area contributed by atoms with E-state index in [2.05, 4.69) is 84.1 Å². The second-order valence-electron chi connectivity index (χ2n) is 9.61. The number of aromatic nitrogens is 4. The molecule has 0 bridgehead atoms. The number of rotatable bonds is 6. The molecule has 0 aliphatic rings. The molecule has 0 spiro atoms. The van der Waals surface area contributed by atoms with Crippen LogP contribution < -0.4 is 9.30 Å². The Morgan fingerprint density at radius 3 is 2.13 bits per heavy atom. The van der Waals surface area contributed by atoms with Gasteiger partial charge in [-0.3, -0.25) is 0 Å². The SMILES string of the molecule is Cc1cc(C)c(-[n+]2ccn(-c3cccc(Oc4cccc(-n5cc(-c6ccccc6)cn5)c4)c3)c2)c(C)c1. The van der Waals surface area contributed by atoms with Gasteiger partial charge in [0.2, 0.25) is 0 Å². The van der Waals surface area contributed by atoms with Gasteiger partial charge in [0.1, 0.15) is 35.3 Å². The molecule has 2 aromatic heterocycles. The largest absolute Gasteiger partial charge is 0.457 e. The summed E-state index contributed by atoms with van der Waals surface area (Å²) in [6, 6.07) is 30.8. The molecule has 0 amide bonds. The molecule has 4 aromatic carbocycles. The van der Waals surface area contributed by atoms with Crippen LogP contribution >= 0.6 is 0 Å². The molecule has 0 radical (unpaired) electrons. The zero-order valence-corrected chi connectivity index (χ0v) is 21.7. The van der Waals surface area contributed by atoms with Crippen LogP contribution in [0.3, 0.4) is 0 Å². The summed E-state index contributed by atoms with van der Waals surface area (Å²) in [6.45, 7) is 6.46. The molecular weight excluding hydrogens is 468 g/mol. The van der Waals surface area contributed by atoms with Crippen LogP contribution in [0, 0.1) is 20.8 Å². The van der Waals surface area contributed by atoms with Gasteiger partial charge in [0.05, 0.1) is 11.9 Å². The molecule has 0 saturated carbocycles. The first-order valence-corrected chi connectivity index (χ1v) is 12.7. The predicted octanol–water partition coefficient (Wildman–Crippen LogP) is 7.32. The van der Waals surface area contributed by atoms with Crippen molar-refractivity contribution in [2.24, 2.45) is 0 Å². The molecule has 0 aliphatic carbocycles. The third-order valence-electron chi connectivity index (χ3n) is 6.65. The quantitative estimate of drug-likeness (QED) is 0.226. The van der Waals surface area contributed by atoms with E-state index in [-0.39, 0.29) is 0 Å². The Bertz CT molecular complexity index is 1710. The van der Waals surface area contributed by atoms with Crippen LogP contribution in [-0.2, 0) is 0 Å². The van der Waals surface area contributed by atoms with Crippen LogP contribution in [0.2, 0.25) is 0 Å². The Labute approximate surface area is 222 Å². The molecule has 0 N–H and O–H groups in total. The average Bonchev–Trinajstić information content (AvgIpc) is 3.60. The summed E-state index contributed by atoms with van der Waals surface area (Å²) in [5, 5.41) is 4.56. The Hall–Kier alpha value is -4.90.